The Kier molecular flexibility index (Phi) is 4.05. The summed E-state index contributed by atoms with van der Waals surface area (Å²) in [5, 5.41) is 0. The van der Waals surface area contributed by atoms with Crippen molar-refractivity contribution in [3.8, 4) is 0 Å². The Bertz CT molecular complexity index is 262. The van der Waals surface area contributed by atoms with E-state index in [1.165, 1.54) is 6.33 Å². The molecule has 1 heterocycles. The van der Waals surface area contributed by atoms with E-state index in [2.05, 4.69) is 9.97 Å². The molecule has 0 radical (unpaired) electrons. The Morgan fingerprint density at radius 2 is 2.15 bits per heavy atom. The lowest BCUT2D eigenvalue weighted by Gasteiger charge is -2.00. The molecule has 0 N–H and O–H groups in total. The van der Waals surface area contributed by atoms with Gasteiger partial charge < -0.3 is 4.74 Å². The number of nitrogens with zero attached hydrogens (tertiary/aromatic N) is 2. The predicted molar refractivity (Wildman–Crippen MR) is 47.0 cm³/mol. The van der Waals surface area contributed by atoms with Crippen LogP contribution in [0.25, 0.3) is 0 Å². The lowest BCUT2D eigenvalue weighted by Crippen LogP contribution is -2.00. The van der Waals surface area contributed by atoms with Crippen LogP contribution in [-0.2, 0) is 16.1 Å². The highest BCUT2D eigenvalue weighted by Gasteiger charge is 1.95. The van der Waals surface area contributed by atoms with Crippen molar-refractivity contribution in [2.75, 3.05) is 6.61 Å². The fourth-order valence-corrected chi connectivity index (χ4v) is 0.810. The first-order chi connectivity index (χ1) is 6.29. The van der Waals surface area contributed by atoms with E-state index in [1.54, 1.807) is 19.3 Å². The van der Waals surface area contributed by atoms with E-state index in [4.69, 9.17) is 4.74 Å². The Balaban J connectivity index is 2.17. The maximum Gasteiger partial charge on any atom is 0.132 e. The number of carbonyl (C=O) groups excluding carboxylic acids is 1. The Morgan fingerprint density at radius 1 is 1.46 bits per heavy atom. The van der Waals surface area contributed by atoms with Crippen LogP contribution in [-0.4, -0.2) is 22.4 Å². The van der Waals surface area contributed by atoms with Crippen molar-refractivity contribution in [3.05, 3.63) is 24.3 Å². The summed E-state index contributed by atoms with van der Waals surface area (Å²) < 4.78 is 5.23. The maximum atomic E-state index is 10.6. The molecule has 0 bridgehead atoms. The summed E-state index contributed by atoms with van der Waals surface area (Å²) in [6, 6.07) is 0. The van der Waals surface area contributed by atoms with E-state index in [0.29, 0.717) is 19.6 Å². The second kappa shape index (κ2) is 5.37. The highest BCUT2D eigenvalue weighted by molar-refractivity contribution is 5.75. The van der Waals surface area contributed by atoms with Gasteiger partial charge in [0, 0.05) is 24.4 Å². The number of ether oxygens (including phenoxy) is 1. The third-order valence-electron chi connectivity index (χ3n) is 1.48. The van der Waals surface area contributed by atoms with Gasteiger partial charge in [-0.1, -0.05) is 0 Å². The summed E-state index contributed by atoms with van der Waals surface area (Å²) >= 11 is 0. The molecular formula is C9H12N2O2. The van der Waals surface area contributed by atoms with Crippen molar-refractivity contribution in [1.29, 1.82) is 0 Å². The van der Waals surface area contributed by atoms with Gasteiger partial charge in [-0.25, -0.2) is 9.97 Å². The van der Waals surface area contributed by atoms with Gasteiger partial charge in [0.15, 0.2) is 0 Å². The largest absolute Gasteiger partial charge is 0.376 e. The zero-order valence-corrected chi connectivity index (χ0v) is 7.56. The van der Waals surface area contributed by atoms with Gasteiger partial charge in [0.25, 0.3) is 0 Å². The average Bonchev–Trinajstić information content (AvgIpc) is 2.14. The molecule has 0 fully saturated rings. The lowest BCUT2D eigenvalue weighted by molar-refractivity contribution is -0.118. The van der Waals surface area contributed by atoms with Crippen LogP contribution in [0.15, 0.2) is 18.7 Å². The van der Waals surface area contributed by atoms with E-state index in [1.807, 2.05) is 0 Å². The van der Waals surface area contributed by atoms with Crippen molar-refractivity contribution in [1.82, 2.24) is 9.97 Å². The molecule has 4 nitrogen and oxygen atoms in total. The van der Waals surface area contributed by atoms with Crippen LogP contribution >= 0.6 is 0 Å². The Labute approximate surface area is 77.0 Å². The average molecular weight is 180 g/mol. The van der Waals surface area contributed by atoms with Crippen LogP contribution in [0.3, 0.4) is 0 Å². The lowest BCUT2D eigenvalue weighted by atomic mass is 10.3. The molecule has 1 aromatic rings. The molecule has 1 rings (SSSR count). The molecule has 0 atom stereocenters. The summed E-state index contributed by atoms with van der Waals surface area (Å²) in [7, 11) is 0. The first kappa shape index (κ1) is 9.80. The number of hydrogen-bond acceptors (Lipinski definition) is 4. The smallest absolute Gasteiger partial charge is 0.132 e. The minimum absolute atomic E-state index is 0.143. The summed E-state index contributed by atoms with van der Waals surface area (Å²) in [5.74, 6) is 0.143. The molecule has 70 valence electrons. The van der Waals surface area contributed by atoms with Crippen molar-refractivity contribution < 1.29 is 9.53 Å². The molecule has 0 spiro atoms. The highest BCUT2D eigenvalue weighted by Crippen LogP contribution is 1.96. The van der Waals surface area contributed by atoms with Gasteiger partial charge in [-0.15, -0.1) is 0 Å². The first-order valence-corrected chi connectivity index (χ1v) is 4.10. The van der Waals surface area contributed by atoms with Crippen LogP contribution in [0.5, 0.6) is 0 Å². The standard InChI is InChI=1S/C9H12N2O2/c1-8(12)2-3-13-6-9-4-10-7-11-5-9/h4-5,7H,2-3,6H2,1H3. The molecule has 4 heteroatoms. The molecule has 0 aliphatic rings. The second-order valence-electron chi connectivity index (χ2n) is 2.75. The normalized spacial score (nSPS) is 9.92. The summed E-state index contributed by atoms with van der Waals surface area (Å²) in [5.41, 5.74) is 0.922. The Morgan fingerprint density at radius 3 is 2.77 bits per heavy atom. The van der Waals surface area contributed by atoms with E-state index in [-0.39, 0.29) is 5.78 Å². The van der Waals surface area contributed by atoms with Gasteiger partial charge in [0.05, 0.1) is 13.2 Å². The molecule has 0 aliphatic heterocycles. The molecule has 0 saturated carbocycles. The topological polar surface area (TPSA) is 52.1 Å². The summed E-state index contributed by atoms with van der Waals surface area (Å²) in [6.07, 6.45) is 5.33. The van der Waals surface area contributed by atoms with Gasteiger partial charge in [0.1, 0.15) is 12.1 Å². The summed E-state index contributed by atoms with van der Waals surface area (Å²) in [6.45, 7) is 2.48. The zero-order valence-electron chi connectivity index (χ0n) is 7.56. The number of ketones is 1. The van der Waals surface area contributed by atoms with Gasteiger partial charge in [0.2, 0.25) is 0 Å². The number of Topliss-reactive ketones (excluding diaryl/α,β-unsaturated/α-hetero) is 1. The minimum Gasteiger partial charge on any atom is -0.376 e. The molecular weight excluding hydrogens is 168 g/mol. The van der Waals surface area contributed by atoms with Crippen molar-refractivity contribution in [2.24, 2.45) is 0 Å². The highest BCUT2D eigenvalue weighted by atomic mass is 16.5. The van der Waals surface area contributed by atoms with Crippen molar-refractivity contribution >= 4 is 5.78 Å². The van der Waals surface area contributed by atoms with Crippen LogP contribution in [0.4, 0.5) is 0 Å². The number of aromatic nitrogens is 2. The number of carbonyl (C=O) groups is 1. The zero-order chi connectivity index (χ0) is 9.52. The van der Waals surface area contributed by atoms with E-state index >= 15 is 0 Å². The SMILES string of the molecule is CC(=O)CCOCc1cncnc1. The third kappa shape index (κ3) is 4.32. The monoisotopic (exact) mass is 180 g/mol. The van der Waals surface area contributed by atoms with Gasteiger partial charge in [-0.05, 0) is 6.92 Å². The van der Waals surface area contributed by atoms with E-state index in [0.717, 1.165) is 5.56 Å². The van der Waals surface area contributed by atoms with Crippen molar-refractivity contribution in [3.63, 3.8) is 0 Å². The molecule has 0 aliphatic carbocycles. The molecule has 0 unspecified atom stereocenters. The second-order valence-corrected chi connectivity index (χ2v) is 2.75. The molecule has 1 aromatic heterocycles. The molecule has 0 aromatic carbocycles. The minimum atomic E-state index is 0.143. The van der Waals surface area contributed by atoms with Crippen LogP contribution in [0, 0.1) is 0 Å². The maximum absolute atomic E-state index is 10.6. The van der Waals surface area contributed by atoms with E-state index in [9.17, 15) is 4.79 Å². The van der Waals surface area contributed by atoms with Gasteiger partial charge >= 0.3 is 0 Å². The number of hydrogen-bond donors (Lipinski definition) is 0. The third-order valence-corrected chi connectivity index (χ3v) is 1.48. The molecule has 0 amide bonds. The quantitative estimate of drug-likeness (QED) is 0.633. The van der Waals surface area contributed by atoms with Crippen molar-refractivity contribution in [2.45, 2.75) is 20.0 Å². The fraction of sp³-hybridized carbons (Fsp3) is 0.444. The van der Waals surface area contributed by atoms with Crippen LogP contribution in [0.1, 0.15) is 18.9 Å². The number of rotatable bonds is 5. The summed E-state index contributed by atoms with van der Waals surface area (Å²) in [4.78, 5) is 18.2. The first-order valence-electron chi connectivity index (χ1n) is 4.10. The van der Waals surface area contributed by atoms with Crippen LogP contribution in [0.2, 0.25) is 0 Å². The van der Waals surface area contributed by atoms with E-state index < -0.39 is 0 Å². The fourth-order valence-electron chi connectivity index (χ4n) is 0.810. The van der Waals surface area contributed by atoms with Gasteiger partial charge in [-0.3, -0.25) is 4.79 Å². The molecule has 13 heavy (non-hydrogen) atoms. The van der Waals surface area contributed by atoms with Gasteiger partial charge in [-0.2, -0.15) is 0 Å². The molecule has 0 saturated heterocycles. The predicted octanol–water partition coefficient (Wildman–Crippen LogP) is 0.972. The Hall–Kier alpha value is -1.29. The van der Waals surface area contributed by atoms with Crippen LogP contribution < -0.4 is 0 Å².